The van der Waals surface area contributed by atoms with Crippen LogP contribution < -0.4 is 0 Å². The zero-order valence-electron chi connectivity index (χ0n) is 11.2. The van der Waals surface area contributed by atoms with Crippen LogP contribution in [-0.4, -0.2) is 28.6 Å². The van der Waals surface area contributed by atoms with Gasteiger partial charge in [-0.05, 0) is 33.7 Å². The lowest BCUT2D eigenvalue weighted by Gasteiger charge is -2.38. The summed E-state index contributed by atoms with van der Waals surface area (Å²) in [6, 6.07) is 0.687. The van der Waals surface area contributed by atoms with Crippen LogP contribution in [0.4, 0.5) is 0 Å². The van der Waals surface area contributed by atoms with Crippen molar-refractivity contribution in [3.63, 3.8) is 0 Å². The molecule has 0 aromatic carbocycles. The maximum absolute atomic E-state index is 6.11. The molecule has 1 heterocycles. The van der Waals surface area contributed by atoms with Gasteiger partial charge in [-0.2, -0.15) is 5.10 Å². The van der Waals surface area contributed by atoms with E-state index < -0.39 is 0 Å². The molecule has 0 amide bonds. The monoisotopic (exact) mass is 219 g/mol. The molecular weight excluding hydrogens is 197 g/mol. The average Bonchev–Trinajstić information content (AvgIpc) is 2.65. The van der Waals surface area contributed by atoms with E-state index in [1.54, 1.807) is 0 Å². The molecule has 0 aliphatic rings. The molecule has 0 aliphatic heterocycles. The maximum Gasteiger partial charge on any atom is 0.183 e. The van der Waals surface area contributed by atoms with Crippen molar-refractivity contribution in [1.82, 2.24) is 14.6 Å². The Morgan fingerprint density at radius 3 is 2.25 bits per heavy atom. The Morgan fingerprint density at radius 2 is 1.88 bits per heavy atom. The highest BCUT2D eigenvalue weighted by Gasteiger charge is 2.28. The average molecular weight is 219 g/mol. The Kier molecular flexibility index (Phi) is 3.84. The summed E-state index contributed by atoms with van der Waals surface area (Å²) < 4.78 is 1.96. The molecule has 1 aromatic rings. The zero-order valence-corrected chi connectivity index (χ0v) is 11.2. The van der Waals surface area contributed by atoms with Crippen molar-refractivity contribution in [2.45, 2.75) is 59.2 Å². The van der Waals surface area contributed by atoms with Crippen molar-refractivity contribution in [3.8, 4) is 0 Å². The fraction of sp³-hybridized carbons (Fsp3) is 0.750. The van der Waals surface area contributed by atoms with E-state index in [9.17, 15) is 0 Å². The molecular formula is C12H22BN3. The SMILES string of the molecule is [B]N(C(C)C)C(C)(C)c1cnn(C(C)C)c1. The first-order valence-electron chi connectivity index (χ1n) is 5.85. The quantitative estimate of drug-likeness (QED) is 0.725. The molecule has 1 aromatic heterocycles. The molecule has 2 radical (unpaired) electrons. The summed E-state index contributed by atoms with van der Waals surface area (Å²) in [6.45, 7) is 12.7. The van der Waals surface area contributed by atoms with Gasteiger partial charge in [0.1, 0.15) is 0 Å². The van der Waals surface area contributed by atoms with E-state index in [1.807, 2.05) is 15.7 Å². The van der Waals surface area contributed by atoms with Gasteiger partial charge < -0.3 is 4.81 Å². The van der Waals surface area contributed by atoms with E-state index in [0.717, 1.165) is 5.56 Å². The molecule has 3 nitrogen and oxygen atoms in total. The number of hydrogen-bond donors (Lipinski definition) is 0. The molecule has 0 fully saturated rings. The smallest absolute Gasteiger partial charge is 0.183 e. The van der Waals surface area contributed by atoms with Crippen LogP contribution in [0, 0.1) is 0 Å². The van der Waals surface area contributed by atoms with Gasteiger partial charge in [0.15, 0.2) is 7.98 Å². The van der Waals surface area contributed by atoms with Crippen LogP contribution in [-0.2, 0) is 5.54 Å². The number of nitrogens with zero attached hydrogens (tertiary/aromatic N) is 3. The number of aromatic nitrogens is 2. The van der Waals surface area contributed by atoms with Crippen molar-refractivity contribution in [2.24, 2.45) is 0 Å². The van der Waals surface area contributed by atoms with Gasteiger partial charge in [0.25, 0.3) is 0 Å². The van der Waals surface area contributed by atoms with Crippen molar-refractivity contribution >= 4 is 7.98 Å². The van der Waals surface area contributed by atoms with Crippen LogP contribution in [0.5, 0.6) is 0 Å². The summed E-state index contributed by atoms with van der Waals surface area (Å²) >= 11 is 0. The van der Waals surface area contributed by atoms with Crippen LogP contribution in [0.3, 0.4) is 0 Å². The summed E-state index contributed by atoms with van der Waals surface area (Å²) in [5.41, 5.74) is 0.957. The molecule has 4 heteroatoms. The molecule has 88 valence electrons. The van der Waals surface area contributed by atoms with E-state index in [4.69, 9.17) is 7.98 Å². The first-order chi connectivity index (χ1) is 7.26. The van der Waals surface area contributed by atoms with Crippen molar-refractivity contribution in [1.29, 1.82) is 0 Å². The Balaban J connectivity index is 2.97. The molecule has 0 spiro atoms. The zero-order chi connectivity index (χ0) is 12.5. The van der Waals surface area contributed by atoms with Gasteiger partial charge in [0.2, 0.25) is 0 Å². The van der Waals surface area contributed by atoms with E-state index in [1.165, 1.54) is 0 Å². The predicted octanol–water partition coefficient (Wildman–Crippen LogP) is 2.49. The lowest BCUT2D eigenvalue weighted by atomic mass is 9.90. The van der Waals surface area contributed by atoms with Gasteiger partial charge >= 0.3 is 0 Å². The largest absolute Gasteiger partial charge is 0.343 e. The molecule has 0 saturated carbocycles. The minimum atomic E-state index is -0.193. The lowest BCUT2D eigenvalue weighted by Crippen LogP contribution is -2.43. The summed E-state index contributed by atoms with van der Waals surface area (Å²) in [5.74, 6) is 0. The third-order valence-electron chi connectivity index (χ3n) is 3.04. The first kappa shape index (κ1) is 13.3. The molecule has 0 unspecified atom stereocenters. The summed E-state index contributed by atoms with van der Waals surface area (Å²) in [7, 11) is 6.11. The number of hydrogen-bond acceptors (Lipinski definition) is 2. The normalized spacial score (nSPS) is 13.1. The highest BCUT2D eigenvalue weighted by Crippen LogP contribution is 2.27. The maximum atomic E-state index is 6.11. The van der Waals surface area contributed by atoms with Gasteiger partial charge in [-0.1, -0.05) is 13.8 Å². The summed E-state index contributed by atoms with van der Waals surface area (Å²) in [4.78, 5) is 1.87. The Morgan fingerprint density at radius 1 is 1.31 bits per heavy atom. The summed E-state index contributed by atoms with van der Waals surface area (Å²) in [5, 5.41) is 4.36. The van der Waals surface area contributed by atoms with Crippen molar-refractivity contribution < 1.29 is 0 Å². The van der Waals surface area contributed by atoms with Crippen molar-refractivity contribution in [3.05, 3.63) is 18.0 Å². The van der Waals surface area contributed by atoms with Crippen molar-refractivity contribution in [2.75, 3.05) is 0 Å². The van der Waals surface area contributed by atoms with Gasteiger partial charge in [-0.25, -0.2) is 0 Å². The molecule has 1 rings (SSSR count). The van der Waals surface area contributed by atoms with E-state index in [0.29, 0.717) is 12.1 Å². The Bertz CT molecular complexity index is 342. The molecule has 0 N–H and O–H groups in total. The van der Waals surface area contributed by atoms with E-state index in [2.05, 4.69) is 52.8 Å². The second-order valence-electron chi connectivity index (χ2n) is 5.36. The van der Waals surface area contributed by atoms with Crippen LogP contribution in [0.25, 0.3) is 0 Å². The third-order valence-corrected chi connectivity index (χ3v) is 3.04. The fourth-order valence-corrected chi connectivity index (χ4v) is 1.73. The number of rotatable bonds is 4. The van der Waals surface area contributed by atoms with Gasteiger partial charge in [0, 0.05) is 23.3 Å². The van der Waals surface area contributed by atoms with E-state index >= 15 is 0 Å². The minimum absolute atomic E-state index is 0.193. The first-order valence-corrected chi connectivity index (χ1v) is 5.85. The second kappa shape index (κ2) is 4.62. The highest BCUT2D eigenvalue weighted by molar-refractivity contribution is 6.05. The third kappa shape index (κ3) is 2.49. The lowest BCUT2D eigenvalue weighted by molar-refractivity contribution is 0.199. The Labute approximate surface area is 100 Å². The van der Waals surface area contributed by atoms with Crippen LogP contribution >= 0.6 is 0 Å². The molecule has 0 atom stereocenters. The van der Waals surface area contributed by atoms with Gasteiger partial charge in [0.05, 0.1) is 6.20 Å². The molecule has 16 heavy (non-hydrogen) atoms. The standard InChI is InChI=1S/C12H22BN3/c1-9(2)15-8-11(7-14-15)12(5,6)16(13)10(3)4/h7-10H,1-6H3. The second-order valence-corrected chi connectivity index (χ2v) is 5.36. The fourth-order valence-electron chi connectivity index (χ4n) is 1.73. The van der Waals surface area contributed by atoms with Gasteiger partial charge in [-0.3, -0.25) is 4.68 Å². The topological polar surface area (TPSA) is 21.1 Å². The van der Waals surface area contributed by atoms with Crippen LogP contribution in [0.15, 0.2) is 12.4 Å². The summed E-state index contributed by atoms with van der Waals surface area (Å²) in [6.07, 6.45) is 3.98. The minimum Gasteiger partial charge on any atom is -0.343 e. The van der Waals surface area contributed by atoms with E-state index in [-0.39, 0.29) is 5.54 Å². The predicted molar refractivity (Wildman–Crippen MR) is 68.4 cm³/mol. The molecule has 0 aliphatic carbocycles. The van der Waals surface area contributed by atoms with Crippen LogP contribution in [0.2, 0.25) is 0 Å². The highest BCUT2D eigenvalue weighted by atomic mass is 15.3. The molecule has 0 saturated heterocycles. The van der Waals surface area contributed by atoms with Gasteiger partial charge in [-0.15, -0.1) is 0 Å². The van der Waals surface area contributed by atoms with Crippen LogP contribution in [0.1, 0.15) is 53.1 Å². The Hall–Kier alpha value is -0.765. The molecule has 0 bridgehead atoms.